The number of aryl methyl sites for hydroxylation is 1. The van der Waals surface area contributed by atoms with Crippen molar-refractivity contribution >= 4 is 15.9 Å². The SMILES string of the molecule is COc1ccc(COc2c(C)cc(Br)cc2CO)c(F)c1. The summed E-state index contributed by atoms with van der Waals surface area (Å²) in [7, 11) is 1.49. The van der Waals surface area contributed by atoms with E-state index in [1.54, 1.807) is 18.2 Å². The van der Waals surface area contributed by atoms with Gasteiger partial charge in [0.25, 0.3) is 0 Å². The number of benzene rings is 2. The molecule has 3 nitrogen and oxygen atoms in total. The van der Waals surface area contributed by atoms with Crippen molar-refractivity contribution in [2.24, 2.45) is 0 Å². The van der Waals surface area contributed by atoms with Gasteiger partial charge in [-0.3, -0.25) is 0 Å². The molecule has 0 aromatic heterocycles. The molecule has 0 fully saturated rings. The van der Waals surface area contributed by atoms with E-state index in [9.17, 15) is 9.50 Å². The van der Waals surface area contributed by atoms with Gasteiger partial charge in [-0.05, 0) is 36.8 Å². The average Bonchev–Trinajstić information content (AvgIpc) is 2.46. The second kappa shape index (κ2) is 6.91. The molecule has 0 aliphatic rings. The minimum absolute atomic E-state index is 0.0886. The highest BCUT2D eigenvalue weighted by Gasteiger charge is 2.11. The fourth-order valence-electron chi connectivity index (χ4n) is 2.05. The topological polar surface area (TPSA) is 38.7 Å². The van der Waals surface area contributed by atoms with E-state index in [4.69, 9.17) is 9.47 Å². The van der Waals surface area contributed by atoms with E-state index >= 15 is 0 Å². The molecule has 0 amide bonds. The number of aliphatic hydroxyl groups is 1. The van der Waals surface area contributed by atoms with Gasteiger partial charge in [-0.1, -0.05) is 15.9 Å². The third-order valence-electron chi connectivity index (χ3n) is 3.12. The maximum absolute atomic E-state index is 13.9. The summed E-state index contributed by atoms with van der Waals surface area (Å²) >= 11 is 3.37. The zero-order valence-electron chi connectivity index (χ0n) is 11.8. The lowest BCUT2D eigenvalue weighted by molar-refractivity contribution is 0.256. The van der Waals surface area contributed by atoms with Crippen molar-refractivity contribution < 1.29 is 19.0 Å². The van der Waals surface area contributed by atoms with Crippen LogP contribution in [0.5, 0.6) is 11.5 Å². The van der Waals surface area contributed by atoms with Crippen molar-refractivity contribution in [1.82, 2.24) is 0 Å². The molecule has 112 valence electrons. The largest absolute Gasteiger partial charge is 0.497 e. The van der Waals surface area contributed by atoms with Gasteiger partial charge in [0.05, 0.1) is 13.7 Å². The number of hydrogen-bond acceptors (Lipinski definition) is 3. The van der Waals surface area contributed by atoms with Gasteiger partial charge >= 0.3 is 0 Å². The minimum Gasteiger partial charge on any atom is -0.497 e. The van der Waals surface area contributed by atoms with Crippen LogP contribution in [0.25, 0.3) is 0 Å². The highest BCUT2D eigenvalue weighted by molar-refractivity contribution is 9.10. The van der Waals surface area contributed by atoms with E-state index in [-0.39, 0.29) is 19.0 Å². The average molecular weight is 355 g/mol. The first kappa shape index (κ1) is 15.8. The lowest BCUT2D eigenvalue weighted by Crippen LogP contribution is -2.03. The molecule has 0 unspecified atom stereocenters. The molecular weight excluding hydrogens is 339 g/mol. The van der Waals surface area contributed by atoms with E-state index in [1.165, 1.54) is 13.2 Å². The number of hydrogen-bond donors (Lipinski definition) is 1. The molecule has 2 aromatic rings. The first-order chi connectivity index (χ1) is 10.0. The van der Waals surface area contributed by atoms with Gasteiger partial charge in [-0.2, -0.15) is 0 Å². The third kappa shape index (κ3) is 3.74. The molecule has 0 saturated heterocycles. The maximum Gasteiger partial charge on any atom is 0.133 e. The normalized spacial score (nSPS) is 10.5. The number of rotatable bonds is 5. The van der Waals surface area contributed by atoms with Crippen LogP contribution in [0.2, 0.25) is 0 Å². The van der Waals surface area contributed by atoms with Crippen LogP contribution in [-0.4, -0.2) is 12.2 Å². The highest BCUT2D eigenvalue weighted by atomic mass is 79.9. The van der Waals surface area contributed by atoms with Crippen molar-refractivity contribution in [3.05, 3.63) is 57.3 Å². The Morgan fingerprint density at radius 1 is 1.19 bits per heavy atom. The van der Waals surface area contributed by atoms with Gasteiger partial charge < -0.3 is 14.6 Å². The molecule has 0 bridgehead atoms. The van der Waals surface area contributed by atoms with Gasteiger partial charge in [0.15, 0.2) is 0 Å². The van der Waals surface area contributed by atoms with Crippen LogP contribution in [0.3, 0.4) is 0 Å². The van der Waals surface area contributed by atoms with E-state index in [0.717, 1.165) is 10.0 Å². The second-order valence-electron chi connectivity index (χ2n) is 4.62. The van der Waals surface area contributed by atoms with Gasteiger partial charge in [0, 0.05) is 21.7 Å². The molecular formula is C16H16BrFO3. The summed E-state index contributed by atoms with van der Waals surface area (Å²) in [5.74, 6) is 0.665. The second-order valence-corrected chi connectivity index (χ2v) is 5.53. The molecule has 2 rings (SSSR count). The number of ether oxygens (including phenoxy) is 2. The molecule has 0 heterocycles. The lowest BCUT2D eigenvalue weighted by Gasteiger charge is -2.14. The summed E-state index contributed by atoms with van der Waals surface area (Å²) in [6.45, 7) is 1.83. The first-order valence-electron chi connectivity index (χ1n) is 6.40. The Labute approximate surface area is 131 Å². The highest BCUT2D eigenvalue weighted by Crippen LogP contribution is 2.29. The van der Waals surface area contributed by atoms with Gasteiger partial charge in [0.2, 0.25) is 0 Å². The van der Waals surface area contributed by atoms with E-state index in [0.29, 0.717) is 22.6 Å². The minimum atomic E-state index is -0.380. The predicted octanol–water partition coefficient (Wildman–Crippen LogP) is 3.98. The van der Waals surface area contributed by atoms with Crippen LogP contribution in [0, 0.1) is 12.7 Å². The van der Waals surface area contributed by atoms with Crippen molar-refractivity contribution in [3.8, 4) is 11.5 Å². The van der Waals surface area contributed by atoms with Crippen LogP contribution in [0.15, 0.2) is 34.8 Å². The Kier molecular flexibility index (Phi) is 5.20. The summed E-state index contributed by atoms with van der Waals surface area (Å²) < 4.78 is 25.4. The summed E-state index contributed by atoms with van der Waals surface area (Å²) in [5, 5.41) is 9.40. The van der Waals surface area contributed by atoms with Crippen molar-refractivity contribution in [2.75, 3.05) is 7.11 Å². The third-order valence-corrected chi connectivity index (χ3v) is 3.58. The summed E-state index contributed by atoms with van der Waals surface area (Å²) in [4.78, 5) is 0. The lowest BCUT2D eigenvalue weighted by atomic mass is 10.1. The van der Waals surface area contributed by atoms with E-state index in [1.807, 2.05) is 13.0 Å². The zero-order chi connectivity index (χ0) is 15.4. The fraction of sp³-hybridized carbons (Fsp3) is 0.250. The van der Waals surface area contributed by atoms with Crippen LogP contribution in [0.1, 0.15) is 16.7 Å². The molecule has 1 N–H and O–H groups in total. The maximum atomic E-state index is 13.9. The molecule has 5 heteroatoms. The molecule has 0 saturated carbocycles. The Hall–Kier alpha value is -1.59. The molecule has 0 aliphatic heterocycles. The Balaban J connectivity index is 2.20. The smallest absolute Gasteiger partial charge is 0.133 e. The van der Waals surface area contributed by atoms with Crippen molar-refractivity contribution in [3.63, 3.8) is 0 Å². The van der Waals surface area contributed by atoms with Gasteiger partial charge in [0.1, 0.15) is 23.9 Å². The molecule has 21 heavy (non-hydrogen) atoms. The number of methoxy groups -OCH3 is 1. The Morgan fingerprint density at radius 3 is 2.57 bits per heavy atom. The van der Waals surface area contributed by atoms with Crippen LogP contribution in [0.4, 0.5) is 4.39 Å². The molecule has 0 atom stereocenters. The van der Waals surface area contributed by atoms with Crippen LogP contribution < -0.4 is 9.47 Å². The molecule has 0 spiro atoms. The van der Waals surface area contributed by atoms with Gasteiger partial charge in [-0.25, -0.2) is 4.39 Å². The quantitative estimate of drug-likeness (QED) is 0.882. The Morgan fingerprint density at radius 2 is 1.95 bits per heavy atom. The van der Waals surface area contributed by atoms with Crippen molar-refractivity contribution in [2.45, 2.75) is 20.1 Å². The molecule has 0 radical (unpaired) electrons. The first-order valence-corrected chi connectivity index (χ1v) is 7.19. The van der Waals surface area contributed by atoms with E-state index < -0.39 is 0 Å². The standard InChI is InChI=1S/C16H16BrFO3/c1-10-5-13(17)6-12(8-19)16(10)21-9-11-3-4-14(20-2)7-15(11)18/h3-7,19H,8-9H2,1-2H3. The van der Waals surface area contributed by atoms with E-state index in [2.05, 4.69) is 15.9 Å². The Bertz CT molecular complexity index is 644. The van der Waals surface area contributed by atoms with Crippen LogP contribution >= 0.6 is 15.9 Å². The molecule has 0 aliphatic carbocycles. The monoisotopic (exact) mass is 354 g/mol. The predicted molar refractivity (Wildman–Crippen MR) is 82.1 cm³/mol. The molecule has 2 aromatic carbocycles. The zero-order valence-corrected chi connectivity index (χ0v) is 13.4. The van der Waals surface area contributed by atoms with Crippen molar-refractivity contribution in [1.29, 1.82) is 0 Å². The van der Waals surface area contributed by atoms with Crippen LogP contribution in [-0.2, 0) is 13.2 Å². The van der Waals surface area contributed by atoms with Gasteiger partial charge in [-0.15, -0.1) is 0 Å². The number of aliphatic hydroxyl groups excluding tert-OH is 1. The summed E-state index contributed by atoms with van der Waals surface area (Å²) in [6, 6.07) is 8.30. The summed E-state index contributed by atoms with van der Waals surface area (Å²) in [6.07, 6.45) is 0. The fourth-order valence-corrected chi connectivity index (χ4v) is 2.66. The summed E-state index contributed by atoms with van der Waals surface area (Å²) in [5.41, 5.74) is 1.97. The number of halogens is 2.